The molecule has 0 aromatic carbocycles. The molecule has 20 heavy (non-hydrogen) atoms. The zero-order valence-corrected chi connectivity index (χ0v) is 13.8. The van der Waals surface area contributed by atoms with Gasteiger partial charge in [0, 0.05) is 23.1 Å². The molecule has 0 radical (unpaired) electrons. The Balaban J connectivity index is 2.49. The molecule has 0 bridgehead atoms. The summed E-state index contributed by atoms with van der Waals surface area (Å²) in [5, 5.41) is 7.90. The maximum absolute atomic E-state index is 11.6. The second kappa shape index (κ2) is 5.64. The number of rotatable bonds is 4. The minimum Gasteiger partial charge on any atom is -0.301 e. The molecule has 5 nitrogen and oxygen atoms in total. The average molecular weight is 320 g/mol. The van der Waals surface area contributed by atoms with Gasteiger partial charge >= 0.3 is 0 Å². The van der Waals surface area contributed by atoms with Crippen molar-refractivity contribution in [1.82, 2.24) is 14.8 Å². The van der Waals surface area contributed by atoms with Gasteiger partial charge in [-0.3, -0.25) is 0 Å². The van der Waals surface area contributed by atoms with Crippen LogP contribution in [0.4, 0.5) is 0 Å². The lowest BCUT2D eigenvalue weighted by Gasteiger charge is -2.38. The van der Waals surface area contributed by atoms with Crippen molar-refractivity contribution in [3.05, 3.63) is 5.82 Å². The monoisotopic (exact) mass is 319 g/mol. The van der Waals surface area contributed by atoms with Gasteiger partial charge in [-0.2, -0.15) is 0 Å². The van der Waals surface area contributed by atoms with Gasteiger partial charge in [-0.1, -0.05) is 33.6 Å². The van der Waals surface area contributed by atoms with Gasteiger partial charge in [-0.25, -0.2) is 8.42 Å². The summed E-state index contributed by atoms with van der Waals surface area (Å²) < 4.78 is 25.0. The molecule has 1 atom stereocenters. The van der Waals surface area contributed by atoms with Crippen molar-refractivity contribution >= 4 is 19.7 Å². The van der Waals surface area contributed by atoms with Crippen LogP contribution < -0.4 is 0 Å². The van der Waals surface area contributed by atoms with Crippen LogP contribution >= 0.6 is 10.7 Å². The van der Waals surface area contributed by atoms with E-state index >= 15 is 0 Å². The molecule has 0 amide bonds. The van der Waals surface area contributed by atoms with E-state index < -0.39 is 9.05 Å². The molecule has 1 aliphatic rings. The number of nitrogens with zero attached hydrogens (tertiary/aromatic N) is 3. The van der Waals surface area contributed by atoms with E-state index in [1.54, 1.807) is 4.57 Å². The summed E-state index contributed by atoms with van der Waals surface area (Å²) in [7, 11) is 1.62. The van der Waals surface area contributed by atoms with Crippen molar-refractivity contribution in [3.8, 4) is 0 Å². The minimum absolute atomic E-state index is 0.114. The smallest absolute Gasteiger partial charge is 0.296 e. The van der Waals surface area contributed by atoms with E-state index in [9.17, 15) is 8.42 Å². The normalized spacial score (nSPS) is 22.9. The van der Waals surface area contributed by atoms with Crippen molar-refractivity contribution in [2.45, 2.75) is 70.5 Å². The molecule has 7 heteroatoms. The predicted octanol–water partition coefficient (Wildman–Crippen LogP) is 3.30. The SMILES string of the molecule is CCCn1c(C2CCCCC2(C)C)nnc1S(=O)(=O)Cl. The molecule has 1 fully saturated rings. The van der Waals surface area contributed by atoms with E-state index in [0.717, 1.165) is 31.5 Å². The first-order chi connectivity index (χ1) is 9.27. The van der Waals surface area contributed by atoms with Crippen LogP contribution in [0.15, 0.2) is 5.16 Å². The predicted molar refractivity (Wildman–Crippen MR) is 78.3 cm³/mol. The molecule has 1 aromatic rings. The lowest BCUT2D eigenvalue weighted by Crippen LogP contribution is -2.29. The number of hydrogen-bond acceptors (Lipinski definition) is 4. The van der Waals surface area contributed by atoms with Crippen LogP contribution in [-0.2, 0) is 15.6 Å². The highest BCUT2D eigenvalue weighted by Crippen LogP contribution is 2.46. The van der Waals surface area contributed by atoms with E-state index in [1.165, 1.54) is 6.42 Å². The fourth-order valence-corrected chi connectivity index (χ4v) is 4.07. The Morgan fingerprint density at radius 2 is 2.05 bits per heavy atom. The highest BCUT2D eigenvalue weighted by molar-refractivity contribution is 8.13. The topological polar surface area (TPSA) is 64.8 Å². The quantitative estimate of drug-likeness (QED) is 0.799. The first kappa shape index (κ1) is 15.8. The van der Waals surface area contributed by atoms with Gasteiger partial charge in [-0.05, 0) is 24.7 Å². The zero-order valence-electron chi connectivity index (χ0n) is 12.3. The highest BCUT2D eigenvalue weighted by Gasteiger charge is 2.38. The number of hydrogen-bond donors (Lipinski definition) is 0. The standard InChI is InChI=1S/C13H22ClN3O2S/c1-4-9-17-11(15-16-12(17)20(14,18)19)10-7-5-6-8-13(10,2)3/h10H,4-9H2,1-3H3. The van der Waals surface area contributed by atoms with Gasteiger partial charge in [0.05, 0.1) is 0 Å². The molecule has 0 aliphatic heterocycles. The van der Waals surface area contributed by atoms with Crippen LogP contribution in [0.1, 0.15) is 64.6 Å². The van der Waals surface area contributed by atoms with Crippen LogP contribution in [0.5, 0.6) is 0 Å². The Bertz CT molecular complexity index is 580. The van der Waals surface area contributed by atoms with Crippen LogP contribution in [-0.4, -0.2) is 23.2 Å². The third-order valence-electron chi connectivity index (χ3n) is 4.23. The summed E-state index contributed by atoms with van der Waals surface area (Å²) in [4.78, 5) is 0. The summed E-state index contributed by atoms with van der Waals surface area (Å²) >= 11 is 0. The Hall–Kier alpha value is -0.620. The van der Waals surface area contributed by atoms with E-state index in [1.807, 2.05) is 6.92 Å². The van der Waals surface area contributed by atoms with Crippen molar-refractivity contribution < 1.29 is 8.42 Å². The van der Waals surface area contributed by atoms with Gasteiger partial charge in [0.1, 0.15) is 5.82 Å². The van der Waals surface area contributed by atoms with E-state index in [4.69, 9.17) is 10.7 Å². The maximum atomic E-state index is 11.6. The highest BCUT2D eigenvalue weighted by atomic mass is 35.7. The van der Waals surface area contributed by atoms with Crippen LogP contribution in [0.2, 0.25) is 0 Å². The van der Waals surface area contributed by atoms with E-state index in [0.29, 0.717) is 6.54 Å². The molecule has 1 aliphatic carbocycles. The lowest BCUT2D eigenvalue weighted by molar-refractivity contribution is 0.187. The summed E-state index contributed by atoms with van der Waals surface area (Å²) in [6.45, 7) is 7.02. The lowest BCUT2D eigenvalue weighted by atomic mass is 9.68. The number of halogens is 1. The second-order valence-electron chi connectivity index (χ2n) is 6.22. The molecule has 1 unspecified atom stereocenters. The van der Waals surface area contributed by atoms with Crippen LogP contribution in [0, 0.1) is 5.41 Å². The van der Waals surface area contributed by atoms with E-state index in [2.05, 4.69) is 24.0 Å². The summed E-state index contributed by atoms with van der Waals surface area (Å²) in [5.41, 5.74) is 0.115. The van der Waals surface area contributed by atoms with Gasteiger partial charge in [0.15, 0.2) is 0 Å². The molecule has 0 saturated heterocycles. The van der Waals surface area contributed by atoms with Gasteiger partial charge in [0.2, 0.25) is 0 Å². The molecular formula is C13H22ClN3O2S. The molecule has 114 valence electrons. The Kier molecular flexibility index (Phi) is 4.44. The first-order valence-corrected chi connectivity index (χ1v) is 9.46. The van der Waals surface area contributed by atoms with Crippen molar-refractivity contribution in [1.29, 1.82) is 0 Å². The van der Waals surface area contributed by atoms with Gasteiger partial charge < -0.3 is 4.57 Å². The second-order valence-corrected chi connectivity index (χ2v) is 8.68. The first-order valence-electron chi connectivity index (χ1n) is 7.15. The van der Waals surface area contributed by atoms with Crippen molar-refractivity contribution in [2.24, 2.45) is 5.41 Å². The Labute approximate surface area is 125 Å². The average Bonchev–Trinajstić information content (AvgIpc) is 2.72. The van der Waals surface area contributed by atoms with Crippen molar-refractivity contribution in [3.63, 3.8) is 0 Å². The molecular weight excluding hydrogens is 298 g/mol. The summed E-state index contributed by atoms with van der Waals surface area (Å²) in [6.07, 6.45) is 5.33. The van der Waals surface area contributed by atoms with Gasteiger partial charge in [0.25, 0.3) is 14.2 Å². The van der Waals surface area contributed by atoms with Gasteiger partial charge in [-0.15, -0.1) is 10.2 Å². The van der Waals surface area contributed by atoms with Crippen molar-refractivity contribution in [2.75, 3.05) is 0 Å². The van der Waals surface area contributed by atoms with E-state index in [-0.39, 0.29) is 16.5 Å². The molecule has 1 aromatic heterocycles. The zero-order chi connectivity index (χ0) is 15.0. The molecule has 0 N–H and O–H groups in total. The molecule has 1 heterocycles. The molecule has 1 saturated carbocycles. The third kappa shape index (κ3) is 3.01. The third-order valence-corrected chi connectivity index (χ3v) is 5.38. The Morgan fingerprint density at radius 3 is 2.60 bits per heavy atom. The fourth-order valence-electron chi connectivity index (χ4n) is 3.14. The molecule has 0 spiro atoms. The van der Waals surface area contributed by atoms with Crippen LogP contribution in [0.25, 0.3) is 0 Å². The minimum atomic E-state index is -3.85. The maximum Gasteiger partial charge on any atom is 0.296 e. The Morgan fingerprint density at radius 1 is 1.35 bits per heavy atom. The fraction of sp³-hybridized carbons (Fsp3) is 0.846. The molecule has 2 rings (SSSR count). The number of aromatic nitrogens is 3. The largest absolute Gasteiger partial charge is 0.301 e. The van der Waals surface area contributed by atoms with Crippen LogP contribution in [0.3, 0.4) is 0 Å². The summed E-state index contributed by atoms with van der Waals surface area (Å²) in [5.74, 6) is 1.01. The summed E-state index contributed by atoms with van der Waals surface area (Å²) in [6, 6.07) is 0.